The molecule has 3 nitrogen and oxygen atoms in total. The van der Waals surface area contributed by atoms with E-state index in [1.54, 1.807) is 6.07 Å². The number of benzene rings is 1. The zero-order valence-corrected chi connectivity index (χ0v) is 12.8. The molecule has 0 saturated carbocycles. The van der Waals surface area contributed by atoms with Gasteiger partial charge in [0.25, 0.3) is 0 Å². The summed E-state index contributed by atoms with van der Waals surface area (Å²) in [4.78, 5) is 11.8. The molecule has 0 N–H and O–H groups in total. The molecule has 0 aliphatic heterocycles. The Morgan fingerprint density at radius 2 is 2.15 bits per heavy atom. The van der Waals surface area contributed by atoms with Crippen LogP contribution in [0.1, 0.15) is 25.0 Å². The largest absolute Gasteiger partial charge is 0.493 e. The standard InChI is InChI=1S/C16H19ClO3/c1-4-13-11(3)14-7-12(19-9-10(2)8-17)5-6-15(14)20-16(13)18/h5-7,10H,4,8-9H2,1-3H3/t10-/m1/s1. The van der Waals surface area contributed by atoms with E-state index in [0.29, 0.717) is 30.4 Å². The Labute approximate surface area is 123 Å². The van der Waals surface area contributed by atoms with Gasteiger partial charge in [-0.05, 0) is 37.1 Å². The van der Waals surface area contributed by atoms with Gasteiger partial charge in [-0.25, -0.2) is 4.79 Å². The Bertz CT molecular complexity index is 661. The molecule has 2 rings (SSSR count). The second-order valence-corrected chi connectivity index (χ2v) is 5.38. The maximum absolute atomic E-state index is 11.8. The molecule has 20 heavy (non-hydrogen) atoms. The molecule has 1 heterocycles. The summed E-state index contributed by atoms with van der Waals surface area (Å²) >= 11 is 5.77. The topological polar surface area (TPSA) is 39.4 Å². The average Bonchev–Trinajstić information content (AvgIpc) is 2.45. The van der Waals surface area contributed by atoms with Crippen molar-refractivity contribution >= 4 is 22.6 Å². The first kappa shape index (κ1) is 14.9. The van der Waals surface area contributed by atoms with Crippen molar-refractivity contribution in [2.24, 2.45) is 5.92 Å². The van der Waals surface area contributed by atoms with E-state index in [1.165, 1.54) is 0 Å². The fourth-order valence-corrected chi connectivity index (χ4v) is 2.24. The smallest absolute Gasteiger partial charge is 0.339 e. The van der Waals surface area contributed by atoms with Crippen molar-refractivity contribution in [1.29, 1.82) is 0 Å². The molecule has 0 amide bonds. The van der Waals surface area contributed by atoms with Gasteiger partial charge in [0.05, 0.1) is 6.61 Å². The molecule has 0 fully saturated rings. The minimum atomic E-state index is -0.248. The fraction of sp³-hybridized carbons (Fsp3) is 0.438. The maximum Gasteiger partial charge on any atom is 0.339 e. The second-order valence-electron chi connectivity index (χ2n) is 5.08. The van der Waals surface area contributed by atoms with Crippen LogP contribution in [0.15, 0.2) is 27.4 Å². The summed E-state index contributed by atoms with van der Waals surface area (Å²) in [6, 6.07) is 5.52. The molecular weight excluding hydrogens is 276 g/mol. The van der Waals surface area contributed by atoms with Crippen LogP contribution in [-0.4, -0.2) is 12.5 Å². The second kappa shape index (κ2) is 6.31. The van der Waals surface area contributed by atoms with Crippen molar-refractivity contribution in [2.45, 2.75) is 27.2 Å². The van der Waals surface area contributed by atoms with Crippen LogP contribution in [0, 0.1) is 12.8 Å². The minimum Gasteiger partial charge on any atom is -0.493 e. The van der Waals surface area contributed by atoms with E-state index in [9.17, 15) is 4.79 Å². The highest BCUT2D eigenvalue weighted by molar-refractivity contribution is 6.18. The molecular formula is C16H19ClO3. The van der Waals surface area contributed by atoms with Crippen LogP contribution in [0.4, 0.5) is 0 Å². The van der Waals surface area contributed by atoms with Crippen LogP contribution in [-0.2, 0) is 6.42 Å². The lowest BCUT2D eigenvalue weighted by atomic mass is 10.0. The average molecular weight is 295 g/mol. The lowest BCUT2D eigenvalue weighted by molar-refractivity contribution is 0.273. The Kier molecular flexibility index (Phi) is 4.71. The number of fused-ring (bicyclic) bond motifs is 1. The predicted molar refractivity (Wildman–Crippen MR) is 82.0 cm³/mol. The van der Waals surface area contributed by atoms with Crippen molar-refractivity contribution in [3.63, 3.8) is 0 Å². The molecule has 0 aliphatic rings. The normalized spacial score (nSPS) is 12.6. The third kappa shape index (κ3) is 2.98. The Morgan fingerprint density at radius 3 is 2.80 bits per heavy atom. The minimum absolute atomic E-state index is 0.248. The molecule has 1 atom stereocenters. The first-order valence-corrected chi connectivity index (χ1v) is 7.35. The predicted octanol–water partition coefficient (Wildman–Crippen LogP) is 3.92. The highest BCUT2D eigenvalue weighted by Gasteiger charge is 2.11. The molecule has 0 radical (unpaired) electrons. The van der Waals surface area contributed by atoms with Crippen LogP contribution in [0.5, 0.6) is 5.75 Å². The van der Waals surface area contributed by atoms with Gasteiger partial charge >= 0.3 is 5.63 Å². The van der Waals surface area contributed by atoms with Gasteiger partial charge in [0.2, 0.25) is 0 Å². The summed E-state index contributed by atoms with van der Waals surface area (Å²) in [5, 5.41) is 0.928. The number of hydrogen-bond acceptors (Lipinski definition) is 3. The van der Waals surface area contributed by atoms with Gasteiger partial charge in [-0.15, -0.1) is 11.6 Å². The fourth-order valence-electron chi connectivity index (χ4n) is 2.15. The molecule has 108 valence electrons. The lowest BCUT2D eigenvalue weighted by Crippen LogP contribution is -2.10. The van der Waals surface area contributed by atoms with Crippen molar-refractivity contribution in [3.05, 3.63) is 39.7 Å². The van der Waals surface area contributed by atoms with E-state index in [4.69, 9.17) is 20.8 Å². The quantitative estimate of drug-likeness (QED) is 0.620. The van der Waals surface area contributed by atoms with Gasteiger partial charge in [-0.3, -0.25) is 0 Å². The summed E-state index contributed by atoms with van der Waals surface area (Å²) in [6.45, 7) is 6.51. The van der Waals surface area contributed by atoms with Gasteiger partial charge in [-0.2, -0.15) is 0 Å². The van der Waals surface area contributed by atoms with E-state index in [2.05, 4.69) is 0 Å². The van der Waals surface area contributed by atoms with Crippen LogP contribution in [0.3, 0.4) is 0 Å². The lowest BCUT2D eigenvalue weighted by Gasteiger charge is -2.12. The molecule has 0 spiro atoms. The molecule has 0 saturated heterocycles. The summed E-state index contributed by atoms with van der Waals surface area (Å²) in [5.74, 6) is 1.64. The highest BCUT2D eigenvalue weighted by Crippen LogP contribution is 2.25. The van der Waals surface area contributed by atoms with E-state index in [-0.39, 0.29) is 5.63 Å². The molecule has 1 aromatic heterocycles. The van der Waals surface area contributed by atoms with Crippen LogP contribution in [0.2, 0.25) is 0 Å². The van der Waals surface area contributed by atoms with E-state index >= 15 is 0 Å². The summed E-state index contributed by atoms with van der Waals surface area (Å²) in [6.07, 6.45) is 0.665. The van der Waals surface area contributed by atoms with Gasteiger partial charge in [-0.1, -0.05) is 13.8 Å². The van der Waals surface area contributed by atoms with Crippen molar-refractivity contribution in [1.82, 2.24) is 0 Å². The maximum atomic E-state index is 11.8. The van der Waals surface area contributed by atoms with Gasteiger partial charge in [0, 0.05) is 22.7 Å². The van der Waals surface area contributed by atoms with Crippen molar-refractivity contribution < 1.29 is 9.15 Å². The summed E-state index contributed by atoms with van der Waals surface area (Å²) in [5.41, 5.74) is 2.04. The number of alkyl halides is 1. The van der Waals surface area contributed by atoms with Crippen LogP contribution < -0.4 is 10.4 Å². The van der Waals surface area contributed by atoms with Crippen molar-refractivity contribution in [2.75, 3.05) is 12.5 Å². The third-order valence-electron chi connectivity index (χ3n) is 3.41. The van der Waals surface area contributed by atoms with Gasteiger partial charge < -0.3 is 9.15 Å². The zero-order chi connectivity index (χ0) is 14.7. The molecule has 0 unspecified atom stereocenters. The number of halogens is 1. The molecule has 0 aliphatic carbocycles. The molecule has 0 bridgehead atoms. The first-order chi connectivity index (χ1) is 9.56. The highest BCUT2D eigenvalue weighted by atomic mass is 35.5. The Hall–Kier alpha value is -1.48. The number of aryl methyl sites for hydroxylation is 1. The first-order valence-electron chi connectivity index (χ1n) is 6.81. The van der Waals surface area contributed by atoms with E-state index in [0.717, 1.165) is 22.3 Å². The van der Waals surface area contributed by atoms with Crippen LogP contribution >= 0.6 is 11.6 Å². The van der Waals surface area contributed by atoms with Gasteiger partial charge in [0.15, 0.2) is 0 Å². The van der Waals surface area contributed by atoms with Crippen LogP contribution in [0.25, 0.3) is 11.0 Å². The number of hydrogen-bond donors (Lipinski definition) is 0. The number of rotatable bonds is 5. The third-order valence-corrected chi connectivity index (χ3v) is 3.94. The monoisotopic (exact) mass is 294 g/mol. The summed E-state index contributed by atoms with van der Waals surface area (Å²) in [7, 11) is 0. The van der Waals surface area contributed by atoms with E-state index in [1.807, 2.05) is 32.9 Å². The Balaban J connectivity index is 2.40. The molecule has 1 aromatic carbocycles. The zero-order valence-electron chi connectivity index (χ0n) is 12.0. The Morgan fingerprint density at radius 1 is 1.40 bits per heavy atom. The van der Waals surface area contributed by atoms with Gasteiger partial charge in [0.1, 0.15) is 11.3 Å². The molecule has 4 heteroatoms. The summed E-state index contributed by atoms with van der Waals surface area (Å²) < 4.78 is 11.1. The molecule has 2 aromatic rings. The van der Waals surface area contributed by atoms with E-state index < -0.39 is 0 Å². The van der Waals surface area contributed by atoms with Crippen molar-refractivity contribution in [3.8, 4) is 5.75 Å². The SMILES string of the molecule is CCc1c(C)c2cc(OC[C@H](C)CCl)ccc2oc1=O. The number of ether oxygens (including phenoxy) is 1.